The SMILES string of the molecule is Cc1cc(C2(CN)CCC2)cc(O)c1F. The third-order valence-electron chi connectivity index (χ3n) is 3.55. The zero-order valence-electron chi connectivity index (χ0n) is 8.89. The van der Waals surface area contributed by atoms with Gasteiger partial charge in [0.15, 0.2) is 11.6 Å². The van der Waals surface area contributed by atoms with Crippen LogP contribution < -0.4 is 5.73 Å². The summed E-state index contributed by atoms with van der Waals surface area (Å²) in [5, 5.41) is 9.44. The Morgan fingerprint density at radius 2 is 2.13 bits per heavy atom. The maximum Gasteiger partial charge on any atom is 0.167 e. The summed E-state index contributed by atoms with van der Waals surface area (Å²) in [4.78, 5) is 0. The van der Waals surface area contributed by atoms with Crippen LogP contribution in [-0.2, 0) is 5.41 Å². The van der Waals surface area contributed by atoms with Crippen molar-refractivity contribution in [3.8, 4) is 5.75 Å². The number of rotatable bonds is 2. The van der Waals surface area contributed by atoms with Crippen LogP contribution in [0.2, 0.25) is 0 Å². The summed E-state index contributed by atoms with van der Waals surface area (Å²) in [5.41, 5.74) is 7.22. The fourth-order valence-corrected chi connectivity index (χ4v) is 2.27. The molecule has 1 aliphatic carbocycles. The molecule has 0 spiro atoms. The van der Waals surface area contributed by atoms with E-state index in [1.54, 1.807) is 13.0 Å². The van der Waals surface area contributed by atoms with E-state index < -0.39 is 5.82 Å². The number of nitrogens with two attached hydrogens (primary N) is 1. The quantitative estimate of drug-likeness (QED) is 0.784. The lowest BCUT2D eigenvalue weighted by Gasteiger charge is -2.41. The van der Waals surface area contributed by atoms with Crippen molar-refractivity contribution in [3.05, 3.63) is 29.1 Å². The molecule has 1 aromatic rings. The van der Waals surface area contributed by atoms with Crippen LogP contribution in [0.25, 0.3) is 0 Å². The molecule has 0 radical (unpaired) electrons. The molecule has 0 aromatic heterocycles. The fraction of sp³-hybridized carbons (Fsp3) is 0.500. The number of aromatic hydroxyl groups is 1. The molecule has 0 bridgehead atoms. The topological polar surface area (TPSA) is 46.2 Å². The highest BCUT2D eigenvalue weighted by Gasteiger charge is 2.37. The van der Waals surface area contributed by atoms with Gasteiger partial charge in [-0.1, -0.05) is 12.5 Å². The van der Waals surface area contributed by atoms with Gasteiger partial charge in [-0.25, -0.2) is 4.39 Å². The standard InChI is InChI=1S/C12H16FNO/c1-8-5-9(6-10(15)11(8)13)12(7-14)3-2-4-12/h5-6,15H,2-4,7,14H2,1H3. The molecule has 0 saturated heterocycles. The van der Waals surface area contributed by atoms with Gasteiger partial charge in [0.1, 0.15) is 0 Å². The molecule has 3 N–H and O–H groups in total. The largest absolute Gasteiger partial charge is 0.505 e. The third-order valence-corrected chi connectivity index (χ3v) is 3.55. The average Bonchev–Trinajstić information content (AvgIpc) is 2.13. The Balaban J connectivity index is 2.45. The highest BCUT2D eigenvalue weighted by molar-refractivity contribution is 5.40. The zero-order valence-corrected chi connectivity index (χ0v) is 8.89. The Morgan fingerprint density at radius 3 is 2.53 bits per heavy atom. The Labute approximate surface area is 88.9 Å². The normalized spacial score (nSPS) is 18.6. The number of halogens is 1. The van der Waals surface area contributed by atoms with Crippen LogP contribution in [0.3, 0.4) is 0 Å². The number of benzene rings is 1. The first-order valence-electron chi connectivity index (χ1n) is 5.29. The van der Waals surface area contributed by atoms with E-state index in [0.29, 0.717) is 12.1 Å². The van der Waals surface area contributed by atoms with E-state index in [1.165, 1.54) is 6.07 Å². The monoisotopic (exact) mass is 209 g/mol. The molecule has 0 aliphatic heterocycles. The van der Waals surface area contributed by atoms with Crippen molar-refractivity contribution < 1.29 is 9.50 Å². The van der Waals surface area contributed by atoms with Crippen LogP contribution in [0.4, 0.5) is 4.39 Å². The molecule has 82 valence electrons. The molecule has 1 fully saturated rings. The van der Waals surface area contributed by atoms with Gasteiger partial charge >= 0.3 is 0 Å². The first-order chi connectivity index (χ1) is 7.09. The van der Waals surface area contributed by atoms with Crippen LogP contribution in [0.1, 0.15) is 30.4 Å². The smallest absolute Gasteiger partial charge is 0.167 e. The van der Waals surface area contributed by atoms with E-state index in [2.05, 4.69) is 0 Å². The Bertz CT molecular complexity index is 357. The molecule has 0 atom stereocenters. The van der Waals surface area contributed by atoms with Gasteiger partial charge in [0.25, 0.3) is 0 Å². The lowest BCUT2D eigenvalue weighted by atomic mass is 9.64. The van der Waals surface area contributed by atoms with Gasteiger partial charge in [0.2, 0.25) is 0 Å². The molecule has 15 heavy (non-hydrogen) atoms. The van der Waals surface area contributed by atoms with E-state index in [-0.39, 0.29) is 11.2 Å². The summed E-state index contributed by atoms with van der Waals surface area (Å²) in [6.07, 6.45) is 3.23. The van der Waals surface area contributed by atoms with E-state index in [9.17, 15) is 9.50 Å². The molecule has 3 heteroatoms. The third kappa shape index (κ3) is 1.51. The lowest BCUT2D eigenvalue weighted by Crippen LogP contribution is -2.41. The number of phenolic OH excluding ortho intramolecular Hbond substituents is 1. The first-order valence-corrected chi connectivity index (χ1v) is 5.29. The highest BCUT2D eigenvalue weighted by atomic mass is 19.1. The van der Waals surface area contributed by atoms with Gasteiger partial charge < -0.3 is 10.8 Å². The molecule has 0 amide bonds. The van der Waals surface area contributed by atoms with E-state index in [0.717, 1.165) is 24.8 Å². The number of hydrogen-bond acceptors (Lipinski definition) is 2. The van der Waals surface area contributed by atoms with Gasteiger partial charge in [0, 0.05) is 12.0 Å². The summed E-state index contributed by atoms with van der Waals surface area (Å²) in [6, 6.07) is 3.33. The van der Waals surface area contributed by atoms with Crippen molar-refractivity contribution >= 4 is 0 Å². The first kappa shape index (κ1) is 10.4. The second-order valence-electron chi connectivity index (χ2n) is 4.46. The molecular weight excluding hydrogens is 193 g/mol. The van der Waals surface area contributed by atoms with Gasteiger partial charge in [0.05, 0.1) is 0 Å². The summed E-state index contributed by atoms with van der Waals surface area (Å²) in [6.45, 7) is 2.24. The van der Waals surface area contributed by atoms with E-state index in [4.69, 9.17) is 5.73 Å². The van der Waals surface area contributed by atoms with Crippen molar-refractivity contribution in [1.29, 1.82) is 0 Å². The second kappa shape index (κ2) is 3.49. The van der Waals surface area contributed by atoms with Gasteiger partial charge in [-0.15, -0.1) is 0 Å². The van der Waals surface area contributed by atoms with Crippen LogP contribution >= 0.6 is 0 Å². The summed E-state index contributed by atoms with van der Waals surface area (Å²) in [5.74, 6) is -0.782. The average molecular weight is 209 g/mol. The van der Waals surface area contributed by atoms with E-state index >= 15 is 0 Å². The van der Waals surface area contributed by atoms with Crippen LogP contribution in [-0.4, -0.2) is 11.7 Å². The minimum absolute atomic E-state index is 0.0179. The molecule has 1 saturated carbocycles. The highest BCUT2D eigenvalue weighted by Crippen LogP contribution is 2.44. The Hall–Kier alpha value is -1.09. The number of aryl methyl sites for hydroxylation is 1. The van der Waals surface area contributed by atoms with Crippen LogP contribution in [0.5, 0.6) is 5.75 Å². The summed E-state index contributed by atoms with van der Waals surface area (Å²) >= 11 is 0. The predicted molar refractivity (Wildman–Crippen MR) is 57.4 cm³/mol. The molecule has 0 unspecified atom stereocenters. The maximum atomic E-state index is 13.2. The van der Waals surface area contributed by atoms with Crippen LogP contribution in [0, 0.1) is 12.7 Å². The molecule has 2 rings (SSSR count). The fourth-order valence-electron chi connectivity index (χ4n) is 2.27. The molecule has 1 aromatic carbocycles. The Kier molecular flexibility index (Phi) is 2.43. The molecule has 0 heterocycles. The van der Waals surface area contributed by atoms with Gasteiger partial charge in [-0.05, 0) is 37.0 Å². The van der Waals surface area contributed by atoms with Crippen molar-refractivity contribution in [2.75, 3.05) is 6.54 Å². The van der Waals surface area contributed by atoms with Crippen molar-refractivity contribution in [1.82, 2.24) is 0 Å². The maximum absolute atomic E-state index is 13.2. The number of hydrogen-bond donors (Lipinski definition) is 2. The van der Waals surface area contributed by atoms with Crippen molar-refractivity contribution in [2.45, 2.75) is 31.6 Å². The minimum atomic E-state index is -0.523. The second-order valence-corrected chi connectivity index (χ2v) is 4.46. The van der Waals surface area contributed by atoms with Crippen molar-refractivity contribution in [3.63, 3.8) is 0 Å². The number of phenols is 1. The zero-order chi connectivity index (χ0) is 11.1. The lowest BCUT2D eigenvalue weighted by molar-refractivity contribution is 0.251. The van der Waals surface area contributed by atoms with Crippen LogP contribution in [0.15, 0.2) is 12.1 Å². The molecule has 2 nitrogen and oxygen atoms in total. The minimum Gasteiger partial charge on any atom is -0.505 e. The summed E-state index contributed by atoms with van der Waals surface area (Å²) in [7, 11) is 0. The Morgan fingerprint density at radius 1 is 1.47 bits per heavy atom. The molecule has 1 aliphatic rings. The van der Waals surface area contributed by atoms with Gasteiger partial charge in [-0.2, -0.15) is 0 Å². The van der Waals surface area contributed by atoms with E-state index in [1.807, 2.05) is 0 Å². The predicted octanol–water partition coefficient (Wildman–Crippen LogP) is 2.22. The molecular formula is C12H16FNO. The van der Waals surface area contributed by atoms with Crippen molar-refractivity contribution in [2.24, 2.45) is 5.73 Å². The van der Waals surface area contributed by atoms with Gasteiger partial charge in [-0.3, -0.25) is 0 Å². The summed E-state index contributed by atoms with van der Waals surface area (Å²) < 4.78 is 13.2.